The van der Waals surface area contributed by atoms with Gasteiger partial charge >= 0.3 is 0 Å². The second-order valence-corrected chi connectivity index (χ2v) is 8.59. The Hall–Kier alpha value is -4.05. The first kappa shape index (κ1) is 20.8. The van der Waals surface area contributed by atoms with Gasteiger partial charge in [-0.05, 0) is 59.7 Å². The van der Waals surface area contributed by atoms with Crippen LogP contribution in [0, 0.1) is 0 Å². The Morgan fingerprint density at radius 2 is 1.48 bits per heavy atom. The summed E-state index contributed by atoms with van der Waals surface area (Å²) in [6, 6.07) is 25.7. The van der Waals surface area contributed by atoms with Crippen LogP contribution in [0.15, 0.2) is 91.3 Å². The van der Waals surface area contributed by atoms with E-state index in [-0.39, 0.29) is 17.5 Å². The molecule has 164 valence electrons. The SMILES string of the molecule is CC(C)N(Cc1cc2ccccc2c(-c2c(O)ccc3ccccc23)c1O)c1cccnc1. The molecule has 0 saturated carbocycles. The number of phenolic OH excluding ortho intramolecular Hbond substituents is 2. The minimum atomic E-state index is 0.152. The predicted octanol–water partition coefficient (Wildman–Crippen LogP) is 6.88. The lowest BCUT2D eigenvalue weighted by Crippen LogP contribution is -2.30. The van der Waals surface area contributed by atoms with E-state index in [2.05, 4.69) is 23.7 Å². The molecule has 5 aromatic rings. The van der Waals surface area contributed by atoms with E-state index in [9.17, 15) is 10.2 Å². The van der Waals surface area contributed by atoms with Crippen molar-refractivity contribution in [2.75, 3.05) is 4.90 Å². The maximum absolute atomic E-state index is 11.6. The Labute approximate surface area is 193 Å². The number of hydrogen-bond acceptors (Lipinski definition) is 4. The Morgan fingerprint density at radius 1 is 0.788 bits per heavy atom. The Morgan fingerprint density at radius 3 is 2.18 bits per heavy atom. The van der Waals surface area contributed by atoms with Gasteiger partial charge in [-0.2, -0.15) is 0 Å². The molecule has 0 unspecified atom stereocenters. The molecule has 0 atom stereocenters. The van der Waals surface area contributed by atoms with Gasteiger partial charge in [-0.15, -0.1) is 0 Å². The first-order valence-corrected chi connectivity index (χ1v) is 11.2. The number of anilines is 1. The van der Waals surface area contributed by atoms with Crippen molar-refractivity contribution >= 4 is 27.2 Å². The third-order valence-corrected chi connectivity index (χ3v) is 6.20. The molecule has 33 heavy (non-hydrogen) atoms. The quantitative estimate of drug-likeness (QED) is 0.316. The number of rotatable bonds is 5. The molecule has 0 bridgehead atoms. The van der Waals surface area contributed by atoms with E-state index in [4.69, 9.17) is 0 Å². The number of aromatic hydroxyl groups is 2. The van der Waals surface area contributed by atoms with Crippen molar-refractivity contribution in [3.63, 3.8) is 0 Å². The molecule has 2 N–H and O–H groups in total. The van der Waals surface area contributed by atoms with E-state index in [0.717, 1.165) is 32.8 Å². The number of pyridine rings is 1. The van der Waals surface area contributed by atoms with Crippen molar-refractivity contribution in [1.29, 1.82) is 0 Å². The zero-order valence-corrected chi connectivity index (χ0v) is 18.7. The first-order chi connectivity index (χ1) is 16.0. The zero-order chi connectivity index (χ0) is 22.9. The van der Waals surface area contributed by atoms with Crippen LogP contribution in [0.1, 0.15) is 19.4 Å². The molecule has 0 amide bonds. The molecule has 0 radical (unpaired) electrons. The second kappa shape index (κ2) is 8.47. The molecular weight excluding hydrogens is 408 g/mol. The molecule has 5 rings (SSSR count). The minimum absolute atomic E-state index is 0.152. The normalized spacial score (nSPS) is 11.4. The molecule has 4 aromatic carbocycles. The van der Waals surface area contributed by atoms with Crippen molar-refractivity contribution in [3.8, 4) is 22.6 Å². The molecule has 0 aliphatic carbocycles. The standard InChI is InChI=1S/C29H26N2O2/c1-19(2)31(23-10-7-15-30-17-23)18-22-16-21-9-4-6-12-25(21)28(29(22)33)27-24-11-5-3-8-20(24)13-14-26(27)32/h3-17,19,32-33H,18H2,1-2H3. The van der Waals surface area contributed by atoms with E-state index in [0.29, 0.717) is 17.7 Å². The van der Waals surface area contributed by atoms with Crippen LogP contribution in [0.5, 0.6) is 11.5 Å². The van der Waals surface area contributed by atoms with E-state index >= 15 is 0 Å². The van der Waals surface area contributed by atoms with Crippen molar-refractivity contribution in [2.45, 2.75) is 26.4 Å². The molecule has 0 aliphatic heterocycles. The molecule has 0 fully saturated rings. The molecular formula is C29H26N2O2. The first-order valence-electron chi connectivity index (χ1n) is 11.2. The number of aromatic nitrogens is 1. The number of nitrogens with zero attached hydrogens (tertiary/aromatic N) is 2. The Kier molecular flexibility index (Phi) is 5.35. The number of phenols is 2. The summed E-state index contributed by atoms with van der Waals surface area (Å²) in [5, 5.41) is 26.4. The molecule has 0 spiro atoms. The third kappa shape index (κ3) is 3.74. The summed E-state index contributed by atoms with van der Waals surface area (Å²) in [4.78, 5) is 6.49. The second-order valence-electron chi connectivity index (χ2n) is 8.59. The maximum atomic E-state index is 11.6. The fourth-order valence-corrected chi connectivity index (χ4v) is 4.57. The lowest BCUT2D eigenvalue weighted by Gasteiger charge is -2.29. The zero-order valence-electron chi connectivity index (χ0n) is 18.7. The van der Waals surface area contributed by atoms with Gasteiger partial charge in [0.25, 0.3) is 0 Å². The summed E-state index contributed by atoms with van der Waals surface area (Å²) < 4.78 is 0. The molecule has 0 saturated heterocycles. The summed E-state index contributed by atoms with van der Waals surface area (Å²) in [6.45, 7) is 4.77. The largest absolute Gasteiger partial charge is 0.507 e. The fourth-order valence-electron chi connectivity index (χ4n) is 4.57. The van der Waals surface area contributed by atoms with Crippen molar-refractivity contribution in [3.05, 3.63) is 96.8 Å². The maximum Gasteiger partial charge on any atom is 0.129 e. The van der Waals surface area contributed by atoms with Gasteiger partial charge in [0, 0.05) is 35.5 Å². The van der Waals surface area contributed by atoms with Gasteiger partial charge in [-0.1, -0.05) is 54.6 Å². The van der Waals surface area contributed by atoms with E-state index in [1.54, 1.807) is 12.3 Å². The van der Waals surface area contributed by atoms with Crippen LogP contribution >= 0.6 is 0 Å². The van der Waals surface area contributed by atoms with Crippen LogP contribution in [-0.4, -0.2) is 21.2 Å². The molecule has 4 nitrogen and oxygen atoms in total. The highest BCUT2D eigenvalue weighted by molar-refractivity contribution is 6.10. The Bertz CT molecular complexity index is 1450. The van der Waals surface area contributed by atoms with Crippen molar-refractivity contribution in [2.24, 2.45) is 0 Å². The van der Waals surface area contributed by atoms with Gasteiger partial charge < -0.3 is 15.1 Å². The summed E-state index contributed by atoms with van der Waals surface area (Å²) in [6.07, 6.45) is 3.60. The van der Waals surface area contributed by atoms with E-state index in [1.807, 2.05) is 79.0 Å². The van der Waals surface area contributed by atoms with Crippen LogP contribution in [-0.2, 0) is 6.54 Å². The lowest BCUT2D eigenvalue weighted by atomic mass is 9.90. The van der Waals surface area contributed by atoms with Crippen LogP contribution in [0.25, 0.3) is 32.7 Å². The molecule has 1 heterocycles. The predicted molar refractivity (Wildman–Crippen MR) is 136 cm³/mol. The van der Waals surface area contributed by atoms with Crippen LogP contribution in [0.4, 0.5) is 5.69 Å². The van der Waals surface area contributed by atoms with Gasteiger partial charge in [-0.3, -0.25) is 4.98 Å². The molecule has 4 heteroatoms. The average Bonchev–Trinajstić information content (AvgIpc) is 2.84. The van der Waals surface area contributed by atoms with E-state index < -0.39 is 0 Å². The highest BCUT2D eigenvalue weighted by Gasteiger charge is 2.21. The average molecular weight is 435 g/mol. The number of hydrogen-bond donors (Lipinski definition) is 2. The third-order valence-electron chi connectivity index (χ3n) is 6.20. The van der Waals surface area contributed by atoms with Gasteiger partial charge in [0.05, 0.1) is 11.9 Å². The van der Waals surface area contributed by atoms with Crippen molar-refractivity contribution < 1.29 is 10.2 Å². The monoisotopic (exact) mass is 434 g/mol. The van der Waals surface area contributed by atoms with Gasteiger partial charge in [-0.25, -0.2) is 0 Å². The molecule has 0 aliphatic rings. The van der Waals surface area contributed by atoms with Gasteiger partial charge in [0.1, 0.15) is 11.5 Å². The highest BCUT2D eigenvalue weighted by Crippen LogP contribution is 2.46. The minimum Gasteiger partial charge on any atom is -0.507 e. The lowest BCUT2D eigenvalue weighted by molar-refractivity contribution is 0.464. The highest BCUT2D eigenvalue weighted by atomic mass is 16.3. The van der Waals surface area contributed by atoms with Gasteiger partial charge in [0.15, 0.2) is 0 Å². The number of fused-ring (bicyclic) bond motifs is 2. The van der Waals surface area contributed by atoms with Crippen LogP contribution in [0.2, 0.25) is 0 Å². The van der Waals surface area contributed by atoms with Crippen LogP contribution in [0.3, 0.4) is 0 Å². The topological polar surface area (TPSA) is 56.6 Å². The fraction of sp³-hybridized carbons (Fsp3) is 0.138. The summed E-state index contributed by atoms with van der Waals surface area (Å²) in [5.74, 6) is 0.342. The smallest absolute Gasteiger partial charge is 0.129 e. The summed E-state index contributed by atoms with van der Waals surface area (Å²) in [7, 11) is 0. The van der Waals surface area contributed by atoms with Crippen LogP contribution < -0.4 is 4.90 Å². The van der Waals surface area contributed by atoms with Gasteiger partial charge in [0.2, 0.25) is 0 Å². The van der Waals surface area contributed by atoms with Crippen molar-refractivity contribution in [1.82, 2.24) is 4.98 Å². The summed E-state index contributed by atoms with van der Waals surface area (Å²) >= 11 is 0. The number of benzene rings is 4. The molecule has 1 aromatic heterocycles. The Balaban J connectivity index is 1.77. The van der Waals surface area contributed by atoms with E-state index in [1.165, 1.54) is 0 Å². The summed E-state index contributed by atoms with van der Waals surface area (Å²) in [5.41, 5.74) is 3.11.